The Morgan fingerprint density at radius 2 is 1.85 bits per heavy atom. The van der Waals surface area contributed by atoms with Gasteiger partial charge in [-0.2, -0.15) is 0 Å². The van der Waals surface area contributed by atoms with E-state index in [9.17, 15) is 18.8 Å². The number of nitrogens with one attached hydrogen (secondary N) is 1. The maximum Gasteiger partial charge on any atom is 0.336 e. The van der Waals surface area contributed by atoms with Crippen LogP contribution in [-0.4, -0.2) is 44.7 Å². The number of dihydropyridines is 1. The highest BCUT2D eigenvalue weighted by atomic mass is 19.1. The Morgan fingerprint density at radius 1 is 1.15 bits per heavy atom. The van der Waals surface area contributed by atoms with Gasteiger partial charge < -0.3 is 19.5 Å². The molecule has 0 saturated heterocycles. The van der Waals surface area contributed by atoms with Crippen LogP contribution in [-0.2, 0) is 28.6 Å². The lowest BCUT2D eigenvalue weighted by Gasteiger charge is -2.38. The predicted molar refractivity (Wildman–Crippen MR) is 118 cm³/mol. The van der Waals surface area contributed by atoms with Crippen LogP contribution in [0.2, 0.25) is 0 Å². The molecule has 0 spiro atoms. The first-order chi connectivity index (χ1) is 15.8. The Balaban J connectivity index is 2.01. The maximum absolute atomic E-state index is 13.7. The average molecular weight is 460 g/mol. The zero-order valence-corrected chi connectivity index (χ0v) is 19.4. The number of esters is 2. The van der Waals surface area contributed by atoms with Gasteiger partial charge >= 0.3 is 11.9 Å². The van der Waals surface area contributed by atoms with E-state index in [0.717, 1.165) is 6.42 Å². The van der Waals surface area contributed by atoms with Crippen LogP contribution in [0, 0.1) is 17.7 Å². The number of benzene rings is 1. The van der Waals surface area contributed by atoms with Crippen molar-refractivity contribution >= 4 is 17.7 Å². The molecule has 0 amide bonds. The van der Waals surface area contributed by atoms with E-state index < -0.39 is 35.4 Å². The van der Waals surface area contributed by atoms with Gasteiger partial charge in [0.15, 0.2) is 5.78 Å². The van der Waals surface area contributed by atoms with Gasteiger partial charge in [-0.25, -0.2) is 9.18 Å². The smallest absolute Gasteiger partial charge is 0.336 e. The summed E-state index contributed by atoms with van der Waals surface area (Å²) in [6.45, 7) is 6.43. The van der Waals surface area contributed by atoms with Crippen LogP contribution in [0.15, 0.2) is 46.8 Å². The van der Waals surface area contributed by atoms with Gasteiger partial charge in [-0.15, -0.1) is 0 Å². The molecule has 178 valence electrons. The summed E-state index contributed by atoms with van der Waals surface area (Å²) in [5.74, 6) is -4.09. The largest absolute Gasteiger partial charge is 0.468 e. The van der Waals surface area contributed by atoms with Crippen molar-refractivity contribution in [1.82, 2.24) is 5.32 Å². The Labute approximate surface area is 193 Å². The summed E-state index contributed by atoms with van der Waals surface area (Å²) in [6.07, 6.45) is 1.29. The van der Waals surface area contributed by atoms with Crippen LogP contribution in [0.3, 0.4) is 0 Å². The molecule has 33 heavy (non-hydrogen) atoms. The first kappa shape index (κ1) is 24.6. The molecule has 1 aromatic rings. The van der Waals surface area contributed by atoms with Crippen molar-refractivity contribution in [3.8, 4) is 0 Å². The van der Waals surface area contributed by atoms with E-state index >= 15 is 0 Å². The summed E-state index contributed by atoms with van der Waals surface area (Å²) in [4.78, 5) is 39.1. The number of Topliss-reactive ketones (excluding diaryl/α,β-unsaturated/α-hetero) is 1. The minimum absolute atomic E-state index is 0.0629. The second-order valence-corrected chi connectivity index (χ2v) is 8.34. The normalized spacial score (nSPS) is 22.6. The second-order valence-electron chi connectivity index (χ2n) is 8.34. The Morgan fingerprint density at radius 3 is 2.48 bits per heavy atom. The SMILES string of the molecule is CCCOCCOC(=O)C1=C(C)NC2=C(C(=O)[C@H](C(=O)OC)[C@H](C)C2)[C@@H]1c1ccc(F)cc1. The zero-order valence-electron chi connectivity index (χ0n) is 19.4. The van der Waals surface area contributed by atoms with Crippen LogP contribution in [0.5, 0.6) is 0 Å². The fourth-order valence-electron chi connectivity index (χ4n) is 4.46. The number of carbonyl (C=O) groups is 3. The number of allylic oxidation sites excluding steroid dienone is 3. The lowest BCUT2D eigenvalue weighted by atomic mass is 9.69. The van der Waals surface area contributed by atoms with Crippen LogP contribution in [0.1, 0.15) is 45.1 Å². The van der Waals surface area contributed by atoms with E-state index in [1.165, 1.54) is 19.2 Å². The highest BCUT2D eigenvalue weighted by Gasteiger charge is 2.47. The summed E-state index contributed by atoms with van der Waals surface area (Å²) in [5.41, 5.74) is 2.34. The molecule has 2 aliphatic rings. The molecule has 8 heteroatoms. The minimum Gasteiger partial charge on any atom is -0.468 e. The van der Waals surface area contributed by atoms with Crippen molar-refractivity contribution in [3.63, 3.8) is 0 Å². The quantitative estimate of drug-likeness (QED) is 0.362. The van der Waals surface area contributed by atoms with Crippen molar-refractivity contribution in [2.45, 2.75) is 39.5 Å². The minimum atomic E-state index is -0.975. The highest BCUT2D eigenvalue weighted by Crippen LogP contribution is 2.45. The molecule has 0 unspecified atom stereocenters. The first-order valence-corrected chi connectivity index (χ1v) is 11.1. The first-order valence-electron chi connectivity index (χ1n) is 11.1. The van der Waals surface area contributed by atoms with Crippen molar-refractivity contribution in [3.05, 3.63) is 58.2 Å². The molecule has 1 aliphatic heterocycles. The van der Waals surface area contributed by atoms with Gasteiger partial charge in [-0.3, -0.25) is 9.59 Å². The van der Waals surface area contributed by atoms with Gasteiger partial charge in [-0.1, -0.05) is 26.0 Å². The van der Waals surface area contributed by atoms with Crippen LogP contribution < -0.4 is 5.32 Å². The van der Waals surface area contributed by atoms with Gasteiger partial charge in [0.05, 0.1) is 19.3 Å². The lowest BCUT2D eigenvalue weighted by Crippen LogP contribution is -2.43. The molecule has 3 atom stereocenters. The van der Waals surface area contributed by atoms with E-state index in [-0.39, 0.29) is 24.7 Å². The monoisotopic (exact) mass is 459 g/mol. The highest BCUT2D eigenvalue weighted by molar-refractivity contribution is 6.12. The Hall–Kier alpha value is -3.00. The number of methoxy groups -OCH3 is 1. The van der Waals surface area contributed by atoms with Crippen LogP contribution in [0.25, 0.3) is 0 Å². The van der Waals surface area contributed by atoms with E-state index in [4.69, 9.17) is 14.2 Å². The molecular formula is C25H30FNO6. The summed E-state index contributed by atoms with van der Waals surface area (Å²) in [7, 11) is 1.25. The van der Waals surface area contributed by atoms with E-state index in [2.05, 4.69) is 5.32 Å². The second kappa shape index (κ2) is 10.7. The number of ketones is 1. The number of hydrogen-bond acceptors (Lipinski definition) is 7. The topological polar surface area (TPSA) is 90.9 Å². The number of halogens is 1. The molecule has 1 N–H and O–H groups in total. The zero-order chi connectivity index (χ0) is 24.1. The van der Waals surface area contributed by atoms with Crippen molar-refractivity contribution in [2.75, 3.05) is 26.9 Å². The number of ether oxygens (including phenoxy) is 3. The number of hydrogen-bond donors (Lipinski definition) is 1. The Bertz CT molecular complexity index is 981. The molecule has 1 aliphatic carbocycles. The average Bonchev–Trinajstić information content (AvgIpc) is 2.78. The molecule has 0 saturated carbocycles. The maximum atomic E-state index is 13.7. The molecule has 0 aromatic heterocycles. The standard InChI is InChI=1S/C25H30FNO6/c1-5-10-32-11-12-33-25(30)20-15(3)27-18-13-14(2)19(24(29)31-4)23(28)22(18)21(20)16-6-8-17(26)9-7-16/h6-9,14,19,21,27H,5,10-13H2,1-4H3/t14-,19-,21-/m1/s1. The number of carbonyl (C=O) groups excluding carboxylic acids is 3. The molecule has 1 heterocycles. The van der Waals surface area contributed by atoms with E-state index in [1.807, 2.05) is 13.8 Å². The predicted octanol–water partition coefficient (Wildman–Crippen LogP) is 3.41. The molecule has 0 bridgehead atoms. The summed E-state index contributed by atoms with van der Waals surface area (Å²) in [5, 5.41) is 3.19. The van der Waals surface area contributed by atoms with Gasteiger partial charge in [0.1, 0.15) is 18.3 Å². The Kier molecular flexibility index (Phi) is 8.02. The van der Waals surface area contributed by atoms with Crippen molar-refractivity contribution < 1.29 is 33.0 Å². The van der Waals surface area contributed by atoms with Crippen molar-refractivity contribution in [1.29, 1.82) is 0 Å². The summed E-state index contributed by atoms with van der Waals surface area (Å²) in [6, 6.07) is 5.64. The third-order valence-electron chi connectivity index (χ3n) is 5.98. The molecule has 1 aromatic carbocycles. The third kappa shape index (κ3) is 5.16. The molecule has 7 nitrogen and oxygen atoms in total. The molecule has 3 rings (SSSR count). The molecular weight excluding hydrogens is 429 g/mol. The fourth-order valence-corrected chi connectivity index (χ4v) is 4.46. The molecule has 0 fully saturated rings. The number of rotatable bonds is 8. The fraction of sp³-hybridized carbons (Fsp3) is 0.480. The van der Waals surface area contributed by atoms with Gasteiger partial charge in [-0.05, 0) is 43.4 Å². The third-order valence-corrected chi connectivity index (χ3v) is 5.98. The van der Waals surface area contributed by atoms with Gasteiger partial charge in [0.2, 0.25) is 0 Å². The lowest BCUT2D eigenvalue weighted by molar-refractivity contribution is -0.151. The van der Waals surface area contributed by atoms with E-state index in [0.29, 0.717) is 35.6 Å². The van der Waals surface area contributed by atoms with Crippen LogP contribution in [0.4, 0.5) is 4.39 Å². The van der Waals surface area contributed by atoms with Crippen LogP contribution >= 0.6 is 0 Å². The van der Waals surface area contributed by atoms with E-state index in [1.54, 1.807) is 19.1 Å². The summed E-state index contributed by atoms with van der Waals surface area (Å²) < 4.78 is 29.4. The molecule has 0 radical (unpaired) electrons. The summed E-state index contributed by atoms with van der Waals surface area (Å²) >= 11 is 0. The van der Waals surface area contributed by atoms with Gasteiger partial charge in [0, 0.05) is 29.5 Å². The van der Waals surface area contributed by atoms with Gasteiger partial charge in [0.25, 0.3) is 0 Å². The van der Waals surface area contributed by atoms with Crippen molar-refractivity contribution in [2.24, 2.45) is 11.8 Å².